The Morgan fingerprint density at radius 2 is 1.66 bits per heavy atom. The molecule has 0 bridgehead atoms. The minimum Gasteiger partial charge on any atom is -0.369 e. The largest absolute Gasteiger partial charge is 0.412 e. The van der Waals surface area contributed by atoms with Crippen LogP contribution in [0.2, 0.25) is 0 Å². The molecule has 3 aromatic heterocycles. The van der Waals surface area contributed by atoms with Crippen molar-refractivity contribution in [3.05, 3.63) is 101 Å². The van der Waals surface area contributed by atoms with Crippen molar-refractivity contribution in [2.24, 2.45) is 0 Å². The number of imidazole rings is 1. The van der Waals surface area contributed by atoms with Crippen LogP contribution in [-0.2, 0) is 31.7 Å². The van der Waals surface area contributed by atoms with E-state index in [-0.39, 0.29) is 31.5 Å². The fourth-order valence-electron chi connectivity index (χ4n) is 4.19. The average molecular weight is 600 g/mol. The maximum absolute atomic E-state index is 12.8. The van der Waals surface area contributed by atoms with Gasteiger partial charge in [-0.3, -0.25) is 18.6 Å². The summed E-state index contributed by atoms with van der Waals surface area (Å²) in [6.45, 7) is -0.223. The number of aromatic nitrogens is 5. The highest BCUT2D eigenvalue weighted by Gasteiger charge is 2.32. The monoisotopic (exact) mass is 600 g/mol. The zero-order chi connectivity index (χ0) is 29.0. The number of ether oxygens (including phenoxy) is 1. The Bertz CT molecular complexity index is 1790. The minimum atomic E-state index is -4.63. The van der Waals surface area contributed by atoms with Crippen LogP contribution in [0.5, 0.6) is 0 Å². The first-order valence-electron chi connectivity index (χ1n) is 12.3. The molecule has 0 saturated carbocycles. The molecule has 6 N–H and O–H groups in total. The Kier molecular flexibility index (Phi) is 8.34. The van der Waals surface area contributed by atoms with E-state index in [1.165, 1.54) is 24.5 Å². The number of benzene rings is 2. The molecule has 0 saturated heterocycles. The Hall–Kier alpha value is -3.87. The Balaban J connectivity index is 1.24. The van der Waals surface area contributed by atoms with Crippen LogP contribution in [0.15, 0.2) is 90.2 Å². The highest BCUT2D eigenvalue weighted by atomic mass is 31.3. The molecular weight excluding hydrogens is 572 g/mol. The van der Waals surface area contributed by atoms with Gasteiger partial charge in [0.15, 0.2) is 6.73 Å². The molecule has 41 heavy (non-hydrogen) atoms. The zero-order valence-electron chi connectivity index (χ0n) is 21.6. The molecule has 16 heteroatoms. The number of hydrogen-bond acceptors (Lipinski definition) is 7. The maximum atomic E-state index is 12.8. The molecule has 2 unspecified atom stereocenters. The van der Waals surface area contributed by atoms with Gasteiger partial charge in [-0.1, -0.05) is 54.6 Å². The second-order valence-corrected chi connectivity index (χ2v) is 12.6. The number of H-pyrrole nitrogens is 1. The van der Waals surface area contributed by atoms with Crippen LogP contribution in [-0.4, -0.2) is 41.9 Å². The van der Waals surface area contributed by atoms with Gasteiger partial charge in [-0.05, 0) is 28.8 Å². The zero-order valence-corrected chi connectivity index (χ0v) is 23.4. The molecule has 0 amide bonds. The van der Waals surface area contributed by atoms with Crippen LogP contribution in [0.1, 0.15) is 5.56 Å². The van der Waals surface area contributed by atoms with E-state index in [9.17, 15) is 23.7 Å². The number of nitrogens with zero attached hydrogens (tertiary/aromatic N) is 4. The van der Waals surface area contributed by atoms with E-state index in [1.54, 1.807) is 20.3 Å². The van der Waals surface area contributed by atoms with Crippen molar-refractivity contribution >= 4 is 32.5 Å². The Morgan fingerprint density at radius 3 is 2.37 bits per heavy atom. The quantitative estimate of drug-likeness (QED) is 0.0808. The molecule has 0 radical (unpaired) electrons. The first-order chi connectivity index (χ1) is 19.6. The van der Waals surface area contributed by atoms with Crippen LogP contribution < -0.4 is 20.7 Å². The topological polar surface area (TPSA) is 191 Å². The van der Waals surface area contributed by atoms with Gasteiger partial charge in [0.05, 0.1) is 13.2 Å². The third kappa shape index (κ3) is 6.89. The molecule has 0 aliphatic carbocycles. The van der Waals surface area contributed by atoms with Crippen LogP contribution in [0.4, 0.5) is 5.95 Å². The number of nitrogens with two attached hydrogens (primary N) is 1. The van der Waals surface area contributed by atoms with Gasteiger partial charge in [0, 0.05) is 12.4 Å². The predicted molar refractivity (Wildman–Crippen MR) is 150 cm³/mol. The molecular formula is C25H28N7O7P2+. The van der Waals surface area contributed by atoms with Gasteiger partial charge < -0.3 is 20.3 Å². The summed E-state index contributed by atoms with van der Waals surface area (Å²) in [4.78, 5) is 41.2. The second kappa shape index (κ2) is 11.9. The second-order valence-electron chi connectivity index (χ2n) is 9.00. The van der Waals surface area contributed by atoms with Crippen LogP contribution >= 0.6 is 15.4 Å². The lowest BCUT2D eigenvalue weighted by Crippen LogP contribution is -2.37. The smallest absolute Gasteiger partial charge is 0.369 e. The minimum absolute atomic E-state index is 0.0621. The predicted octanol–water partition coefficient (Wildman–Crippen LogP) is 2.44. The summed E-state index contributed by atoms with van der Waals surface area (Å²) >= 11 is 0. The SMILES string of the molecule is Nc1nc2c(c(=O)[nH]1)[n+](Cc1ccc(-c3ccccc3)cc1)cn2COCCOP(=O)(O)NP(=O)(O)n1cccc1. The summed E-state index contributed by atoms with van der Waals surface area (Å²) in [6.07, 6.45) is 4.21. The lowest BCUT2D eigenvalue weighted by Gasteiger charge is -2.18. The van der Waals surface area contributed by atoms with Crippen LogP contribution in [0.25, 0.3) is 22.3 Å². The molecule has 14 nitrogen and oxygen atoms in total. The van der Waals surface area contributed by atoms with Gasteiger partial charge >= 0.3 is 21.0 Å². The number of nitrogens with one attached hydrogen (secondary N) is 2. The molecule has 5 rings (SSSR count). The molecule has 2 aromatic carbocycles. The van der Waals surface area contributed by atoms with Gasteiger partial charge in [0.25, 0.3) is 11.2 Å². The van der Waals surface area contributed by atoms with E-state index < -0.39 is 21.0 Å². The van der Waals surface area contributed by atoms with Gasteiger partial charge in [-0.2, -0.15) is 9.55 Å². The summed E-state index contributed by atoms with van der Waals surface area (Å²) in [5.41, 5.74) is 9.05. The van der Waals surface area contributed by atoms with E-state index in [0.29, 0.717) is 12.1 Å². The summed E-state index contributed by atoms with van der Waals surface area (Å²) in [6, 6.07) is 20.9. The number of fused-ring (bicyclic) bond motifs is 1. The normalized spacial score (nSPS) is 14.6. The molecule has 3 heterocycles. The average Bonchev–Trinajstić information content (AvgIpc) is 3.59. The fourth-order valence-corrected chi connectivity index (χ4v) is 6.99. The van der Waals surface area contributed by atoms with Crippen LogP contribution in [0, 0.1) is 0 Å². The Labute approximate surface area is 233 Å². The molecule has 0 fully saturated rings. The van der Waals surface area contributed by atoms with E-state index in [0.717, 1.165) is 21.0 Å². The van der Waals surface area contributed by atoms with E-state index >= 15 is 0 Å². The van der Waals surface area contributed by atoms with Crippen molar-refractivity contribution in [2.45, 2.75) is 13.3 Å². The van der Waals surface area contributed by atoms with Gasteiger partial charge in [-0.25, -0.2) is 13.7 Å². The standard InChI is InChI=1S/C25H27N7O7P2/c26-25-27-23-22(24(33)28-25)30(16-19-8-10-21(11-9-19)20-6-2-1-3-7-20)17-31(23)18-38-14-15-39-41(36,37)29-40(34,35)32-12-4-5-13-32/h1-13,17H,14-16,18H2,(H5-,26,27,28,29,33,34,35,36,37)/p+1. The molecule has 0 spiro atoms. The Morgan fingerprint density at radius 1 is 0.976 bits per heavy atom. The number of nitrogen functional groups attached to an aromatic ring is 1. The lowest BCUT2D eigenvalue weighted by molar-refractivity contribution is -0.664. The van der Waals surface area contributed by atoms with Crippen molar-refractivity contribution in [1.29, 1.82) is 0 Å². The van der Waals surface area contributed by atoms with Gasteiger partial charge in [-0.15, -0.1) is 4.86 Å². The van der Waals surface area contributed by atoms with Crippen molar-refractivity contribution in [3.8, 4) is 11.1 Å². The van der Waals surface area contributed by atoms with Crippen molar-refractivity contribution < 1.29 is 32.7 Å². The number of hydrogen-bond donors (Lipinski definition) is 5. The summed E-state index contributed by atoms with van der Waals surface area (Å²) in [5.74, 6) is -0.0621. The first-order valence-corrected chi connectivity index (χ1v) is 15.5. The van der Waals surface area contributed by atoms with E-state index in [4.69, 9.17) is 15.0 Å². The van der Waals surface area contributed by atoms with Crippen molar-refractivity contribution in [2.75, 3.05) is 18.9 Å². The molecule has 5 aromatic rings. The van der Waals surface area contributed by atoms with Gasteiger partial charge in [0.1, 0.15) is 6.54 Å². The highest BCUT2D eigenvalue weighted by molar-refractivity contribution is 7.68. The van der Waals surface area contributed by atoms with Crippen molar-refractivity contribution in [1.82, 2.24) is 23.7 Å². The number of anilines is 1. The maximum Gasteiger partial charge on any atom is 0.412 e. The molecule has 0 aliphatic heterocycles. The van der Waals surface area contributed by atoms with E-state index in [2.05, 4.69) is 9.97 Å². The number of aromatic amines is 1. The van der Waals surface area contributed by atoms with Crippen LogP contribution in [0.3, 0.4) is 0 Å². The van der Waals surface area contributed by atoms with E-state index in [1.807, 2.05) is 54.6 Å². The molecule has 214 valence electrons. The lowest BCUT2D eigenvalue weighted by atomic mass is 10.0. The third-order valence-corrected chi connectivity index (χ3v) is 9.51. The highest BCUT2D eigenvalue weighted by Crippen LogP contribution is 2.51. The first kappa shape index (κ1) is 28.7. The molecule has 0 aliphatic rings. The molecule has 2 atom stereocenters. The summed E-state index contributed by atoms with van der Waals surface area (Å²) in [5, 5.41) is 0. The fraction of sp³-hybridized carbons (Fsp3) is 0.160. The third-order valence-electron chi connectivity index (χ3n) is 6.03. The summed E-state index contributed by atoms with van der Waals surface area (Å²) < 4.78 is 39.1. The van der Waals surface area contributed by atoms with Gasteiger partial charge in [0.2, 0.25) is 12.3 Å². The van der Waals surface area contributed by atoms with Crippen molar-refractivity contribution in [3.63, 3.8) is 0 Å². The summed E-state index contributed by atoms with van der Waals surface area (Å²) in [7, 11) is -9.00. The number of rotatable bonds is 12.